The summed E-state index contributed by atoms with van der Waals surface area (Å²) < 4.78 is 0.932. The number of hydrogen-bond acceptors (Lipinski definition) is 2. The van der Waals surface area contributed by atoms with E-state index in [9.17, 15) is 0 Å². The summed E-state index contributed by atoms with van der Waals surface area (Å²) in [6.07, 6.45) is 2.28. The van der Waals surface area contributed by atoms with E-state index in [1.807, 2.05) is 12.1 Å². The molecule has 0 saturated carbocycles. The maximum absolute atomic E-state index is 6.17. The van der Waals surface area contributed by atoms with E-state index in [1.54, 1.807) is 0 Å². The van der Waals surface area contributed by atoms with Gasteiger partial charge < -0.3 is 5.73 Å². The minimum absolute atomic E-state index is 0.260. The third-order valence-corrected chi connectivity index (χ3v) is 4.25. The summed E-state index contributed by atoms with van der Waals surface area (Å²) in [6.45, 7) is 7.17. The first-order valence-corrected chi connectivity index (χ1v) is 7.70. The van der Waals surface area contributed by atoms with Gasteiger partial charge in [0, 0.05) is 17.1 Å². The fraction of sp³-hybridized carbons (Fsp3) is 0.571. The summed E-state index contributed by atoms with van der Waals surface area (Å²) in [7, 11) is 0. The second-order valence-electron chi connectivity index (χ2n) is 4.46. The molecule has 18 heavy (non-hydrogen) atoms. The van der Waals surface area contributed by atoms with E-state index >= 15 is 0 Å². The van der Waals surface area contributed by atoms with E-state index in [0.717, 1.165) is 35.4 Å². The van der Waals surface area contributed by atoms with Gasteiger partial charge in [0.05, 0.1) is 5.02 Å². The molecule has 1 aromatic rings. The smallest absolute Gasteiger partial charge is 0.0551 e. The van der Waals surface area contributed by atoms with Gasteiger partial charge in [0.25, 0.3) is 0 Å². The van der Waals surface area contributed by atoms with Gasteiger partial charge in [-0.3, -0.25) is 4.90 Å². The molecule has 0 saturated heterocycles. The van der Waals surface area contributed by atoms with Crippen LogP contribution in [-0.2, 0) is 0 Å². The number of nitrogens with two attached hydrogens (primary N) is 1. The molecule has 2 N–H and O–H groups in total. The Morgan fingerprint density at radius 3 is 2.33 bits per heavy atom. The number of benzene rings is 1. The second kappa shape index (κ2) is 8.16. The van der Waals surface area contributed by atoms with Crippen LogP contribution in [0.15, 0.2) is 22.7 Å². The maximum Gasteiger partial charge on any atom is 0.0551 e. The molecule has 1 unspecified atom stereocenters. The fourth-order valence-electron chi connectivity index (χ4n) is 2.21. The summed E-state index contributed by atoms with van der Waals surface area (Å²) in [6, 6.07) is 6.37. The summed E-state index contributed by atoms with van der Waals surface area (Å²) in [4.78, 5) is 2.44. The lowest BCUT2D eigenvalue weighted by Crippen LogP contribution is -2.35. The maximum atomic E-state index is 6.17. The number of hydrogen-bond donors (Lipinski definition) is 1. The standard InChI is InChI=1S/C14H22BrClN2/c1-3-7-18(8-4-2)14(10-17)11-5-6-12(15)13(16)9-11/h5-6,9,14H,3-4,7-8,10,17H2,1-2H3. The summed E-state index contributed by atoms with van der Waals surface area (Å²) in [5.41, 5.74) is 7.16. The molecule has 0 aliphatic rings. The molecule has 0 heterocycles. The van der Waals surface area contributed by atoms with Crippen LogP contribution in [0.25, 0.3) is 0 Å². The minimum atomic E-state index is 0.260. The predicted octanol–water partition coefficient (Wildman–Crippen LogP) is 4.22. The average molecular weight is 334 g/mol. The molecular formula is C14H22BrClN2. The molecule has 0 aromatic heterocycles. The molecule has 4 heteroatoms. The first-order valence-electron chi connectivity index (χ1n) is 6.53. The topological polar surface area (TPSA) is 29.3 Å². The van der Waals surface area contributed by atoms with Crippen LogP contribution in [0.5, 0.6) is 0 Å². The highest BCUT2D eigenvalue weighted by atomic mass is 79.9. The average Bonchev–Trinajstić information content (AvgIpc) is 2.35. The van der Waals surface area contributed by atoms with Crippen LogP contribution in [-0.4, -0.2) is 24.5 Å². The number of halogens is 2. The Morgan fingerprint density at radius 1 is 1.28 bits per heavy atom. The Hall–Kier alpha value is -0.0900. The van der Waals surface area contributed by atoms with Crippen LogP contribution in [0.4, 0.5) is 0 Å². The van der Waals surface area contributed by atoms with Crippen LogP contribution < -0.4 is 5.73 Å². The lowest BCUT2D eigenvalue weighted by atomic mass is 10.0. The van der Waals surface area contributed by atoms with Crippen molar-refractivity contribution < 1.29 is 0 Å². The molecular weight excluding hydrogens is 312 g/mol. The second-order valence-corrected chi connectivity index (χ2v) is 5.72. The van der Waals surface area contributed by atoms with Crippen LogP contribution in [0, 0.1) is 0 Å². The van der Waals surface area contributed by atoms with Gasteiger partial charge in [-0.25, -0.2) is 0 Å². The molecule has 102 valence electrons. The van der Waals surface area contributed by atoms with Crippen molar-refractivity contribution in [2.24, 2.45) is 5.73 Å². The van der Waals surface area contributed by atoms with Crippen LogP contribution in [0.1, 0.15) is 38.3 Å². The van der Waals surface area contributed by atoms with Crippen LogP contribution in [0.2, 0.25) is 5.02 Å². The number of nitrogens with zero attached hydrogens (tertiary/aromatic N) is 1. The van der Waals surface area contributed by atoms with Gasteiger partial charge in [0.15, 0.2) is 0 Å². The van der Waals surface area contributed by atoms with E-state index in [1.165, 1.54) is 5.56 Å². The zero-order valence-electron chi connectivity index (χ0n) is 11.1. The lowest BCUT2D eigenvalue weighted by Gasteiger charge is -2.31. The van der Waals surface area contributed by atoms with E-state index in [0.29, 0.717) is 6.54 Å². The number of rotatable bonds is 7. The Labute approximate surface area is 124 Å². The van der Waals surface area contributed by atoms with Crippen molar-refractivity contribution in [3.63, 3.8) is 0 Å². The SMILES string of the molecule is CCCN(CCC)C(CN)c1ccc(Br)c(Cl)c1. The van der Waals surface area contributed by atoms with Crippen molar-refractivity contribution in [1.29, 1.82) is 0 Å². The first kappa shape index (κ1) is 16.0. The van der Waals surface area contributed by atoms with E-state index < -0.39 is 0 Å². The van der Waals surface area contributed by atoms with Gasteiger partial charge in [-0.05, 0) is 59.6 Å². The van der Waals surface area contributed by atoms with Crippen molar-refractivity contribution in [3.05, 3.63) is 33.3 Å². The predicted molar refractivity (Wildman–Crippen MR) is 83.1 cm³/mol. The molecule has 2 nitrogen and oxygen atoms in total. The minimum Gasteiger partial charge on any atom is -0.329 e. The van der Waals surface area contributed by atoms with Crippen LogP contribution >= 0.6 is 27.5 Å². The van der Waals surface area contributed by atoms with Gasteiger partial charge in [0.2, 0.25) is 0 Å². The summed E-state index contributed by atoms with van der Waals surface area (Å²) in [5, 5.41) is 0.749. The molecule has 1 atom stereocenters. The third kappa shape index (κ3) is 4.23. The molecule has 0 aliphatic carbocycles. The normalized spacial score (nSPS) is 13.0. The first-order chi connectivity index (χ1) is 8.63. The highest BCUT2D eigenvalue weighted by Crippen LogP contribution is 2.28. The Morgan fingerprint density at radius 2 is 1.89 bits per heavy atom. The Balaban J connectivity index is 2.94. The summed E-state index contributed by atoms with van der Waals surface area (Å²) >= 11 is 9.59. The molecule has 0 amide bonds. The molecule has 1 aromatic carbocycles. The molecule has 0 fully saturated rings. The van der Waals surface area contributed by atoms with Crippen molar-refractivity contribution in [3.8, 4) is 0 Å². The van der Waals surface area contributed by atoms with Gasteiger partial charge in [-0.2, -0.15) is 0 Å². The van der Waals surface area contributed by atoms with Gasteiger partial charge in [-0.15, -0.1) is 0 Å². The summed E-state index contributed by atoms with van der Waals surface area (Å²) in [5.74, 6) is 0. The quantitative estimate of drug-likeness (QED) is 0.809. The van der Waals surface area contributed by atoms with Crippen molar-refractivity contribution >= 4 is 27.5 Å². The van der Waals surface area contributed by atoms with Gasteiger partial charge in [-0.1, -0.05) is 31.5 Å². The third-order valence-electron chi connectivity index (χ3n) is 3.01. The van der Waals surface area contributed by atoms with Gasteiger partial charge in [0.1, 0.15) is 0 Å². The van der Waals surface area contributed by atoms with Crippen LogP contribution in [0.3, 0.4) is 0 Å². The highest BCUT2D eigenvalue weighted by molar-refractivity contribution is 9.10. The lowest BCUT2D eigenvalue weighted by molar-refractivity contribution is 0.202. The van der Waals surface area contributed by atoms with Crippen molar-refractivity contribution in [2.45, 2.75) is 32.7 Å². The van der Waals surface area contributed by atoms with E-state index in [2.05, 4.69) is 40.7 Å². The molecule has 0 spiro atoms. The van der Waals surface area contributed by atoms with Crippen molar-refractivity contribution in [1.82, 2.24) is 4.90 Å². The largest absolute Gasteiger partial charge is 0.329 e. The Kier molecular flexibility index (Phi) is 7.23. The monoisotopic (exact) mass is 332 g/mol. The zero-order chi connectivity index (χ0) is 13.5. The van der Waals surface area contributed by atoms with E-state index in [-0.39, 0.29) is 6.04 Å². The zero-order valence-corrected chi connectivity index (χ0v) is 13.5. The van der Waals surface area contributed by atoms with Crippen molar-refractivity contribution in [2.75, 3.05) is 19.6 Å². The molecule has 0 aliphatic heterocycles. The molecule has 0 radical (unpaired) electrons. The highest BCUT2D eigenvalue weighted by Gasteiger charge is 2.18. The molecule has 0 bridgehead atoms. The van der Waals surface area contributed by atoms with E-state index in [4.69, 9.17) is 17.3 Å². The fourth-order valence-corrected chi connectivity index (χ4v) is 2.65. The molecule has 1 rings (SSSR count). The Bertz CT molecular complexity index is 365. The van der Waals surface area contributed by atoms with Gasteiger partial charge >= 0.3 is 0 Å².